The van der Waals surface area contributed by atoms with Crippen LogP contribution in [-0.2, 0) is 11.8 Å². The van der Waals surface area contributed by atoms with Crippen LogP contribution in [-0.4, -0.2) is 27.7 Å². The largest absolute Gasteiger partial charge is 0.305 e. The smallest absolute Gasteiger partial charge is 0.247 e. The van der Waals surface area contributed by atoms with Crippen molar-refractivity contribution in [2.75, 3.05) is 12.4 Å². The molecule has 1 aromatic carbocycles. The molecule has 0 aliphatic rings. The van der Waals surface area contributed by atoms with Crippen molar-refractivity contribution in [2.24, 2.45) is 7.05 Å². The zero-order chi connectivity index (χ0) is 18.7. The fraction of sp³-hybridized carbons (Fsp3) is 0.316. The number of aromatic nitrogens is 3. The lowest BCUT2D eigenvalue weighted by Gasteiger charge is -2.13. The molecule has 1 unspecified atom stereocenters. The average Bonchev–Trinajstić information content (AvgIpc) is 3.23. The second kappa shape index (κ2) is 7.80. The van der Waals surface area contributed by atoms with Gasteiger partial charge in [0, 0.05) is 29.2 Å². The summed E-state index contributed by atoms with van der Waals surface area (Å²) in [6, 6.07) is 9.58. The molecule has 1 atom stereocenters. The van der Waals surface area contributed by atoms with Crippen molar-refractivity contribution < 1.29 is 4.79 Å². The Morgan fingerprint density at radius 2 is 1.96 bits per heavy atom. The summed E-state index contributed by atoms with van der Waals surface area (Å²) in [5.41, 5.74) is 2.81. The van der Waals surface area contributed by atoms with Crippen molar-refractivity contribution in [1.82, 2.24) is 20.1 Å². The standard InChI is InChI=1S/C19H23N5OS/c1-12(2)17-15(13-8-6-5-7-9-13)22-19(26-17)23-18(25)16(20-3)14-10-21-24(4)11-14/h5-12,16,20H,1-4H3,(H,22,23,25). The number of nitrogens with one attached hydrogen (secondary N) is 2. The van der Waals surface area contributed by atoms with Crippen LogP contribution in [0.15, 0.2) is 42.7 Å². The third-order valence-electron chi connectivity index (χ3n) is 4.06. The van der Waals surface area contributed by atoms with Gasteiger partial charge in [-0.15, -0.1) is 11.3 Å². The maximum absolute atomic E-state index is 12.7. The van der Waals surface area contributed by atoms with Crippen LogP contribution in [0.2, 0.25) is 0 Å². The van der Waals surface area contributed by atoms with E-state index < -0.39 is 6.04 Å². The number of nitrogens with zero attached hydrogens (tertiary/aromatic N) is 3. The number of aryl methyl sites for hydroxylation is 1. The lowest BCUT2D eigenvalue weighted by atomic mass is 10.1. The highest BCUT2D eigenvalue weighted by Gasteiger charge is 2.23. The van der Waals surface area contributed by atoms with Gasteiger partial charge in [-0.1, -0.05) is 44.2 Å². The number of likely N-dealkylation sites (N-methyl/N-ethyl adjacent to an activating group) is 1. The Morgan fingerprint density at radius 3 is 2.54 bits per heavy atom. The van der Waals surface area contributed by atoms with Crippen molar-refractivity contribution >= 4 is 22.4 Å². The van der Waals surface area contributed by atoms with E-state index in [0.29, 0.717) is 11.0 Å². The molecule has 26 heavy (non-hydrogen) atoms. The van der Waals surface area contributed by atoms with E-state index in [1.54, 1.807) is 17.9 Å². The SMILES string of the molecule is CNC(C(=O)Nc1nc(-c2ccccc2)c(C(C)C)s1)c1cnn(C)c1. The third-order valence-corrected chi connectivity index (χ3v) is 5.34. The molecule has 3 aromatic rings. The van der Waals surface area contributed by atoms with Crippen LogP contribution in [0.4, 0.5) is 5.13 Å². The predicted octanol–water partition coefficient (Wildman–Crippen LogP) is 3.57. The van der Waals surface area contributed by atoms with E-state index in [4.69, 9.17) is 4.98 Å². The highest BCUT2D eigenvalue weighted by molar-refractivity contribution is 7.16. The van der Waals surface area contributed by atoms with E-state index in [1.165, 1.54) is 11.3 Å². The van der Waals surface area contributed by atoms with E-state index in [-0.39, 0.29) is 5.91 Å². The van der Waals surface area contributed by atoms with Crippen LogP contribution < -0.4 is 10.6 Å². The molecule has 2 N–H and O–H groups in total. The van der Waals surface area contributed by atoms with Gasteiger partial charge in [0.25, 0.3) is 0 Å². The predicted molar refractivity (Wildman–Crippen MR) is 105 cm³/mol. The minimum absolute atomic E-state index is 0.149. The number of carbonyl (C=O) groups excluding carboxylic acids is 1. The van der Waals surface area contributed by atoms with Crippen molar-refractivity contribution in [3.8, 4) is 11.3 Å². The van der Waals surface area contributed by atoms with E-state index >= 15 is 0 Å². The van der Waals surface area contributed by atoms with Gasteiger partial charge in [0.1, 0.15) is 6.04 Å². The number of benzene rings is 1. The maximum Gasteiger partial charge on any atom is 0.247 e. The van der Waals surface area contributed by atoms with Gasteiger partial charge in [-0.2, -0.15) is 5.10 Å². The summed E-state index contributed by atoms with van der Waals surface area (Å²) in [7, 11) is 3.59. The van der Waals surface area contributed by atoms with Gasteiger partial charge in [0.15, 0.2) is 5.13 Å². The normalized spacial score (nSPS) is 12.3. The monoisotopic (exact) mass is 369 g/mol. The molecule has 7 heteroatoms. The van der Waals surface area contributed by atoms with Gasteiger partial charge in [-0.05, 0) is 13.0 Å². The quantitative estimate of drug-likeness (QED) is 0.697. The molecule has 3 rings (SSSR count). The first-order valence-electron chi connectivity index (χ1n) is 8.52. The Kier molecular flexibility index (Phi) is 5.49. The summed E-state index contributed by atoms with van der Waals surface area (Å²) in [5, 5.41) is 10.7. The lowest BCUT2D eigenvalue weighted by Crippen LogP contribution is -2.30. The zero-order valence-corrected chi connectivity index (χ0v) is 16.2. The molecule has 2 aromatic heterocycles. The van der Waals surface area contributed by atoms with Gasteiger partial charge in [-0.3, -0.25) is 9.48 Å². The van der Waals surface area contributed by atoms with E-state index in [2.05, 4.69) is 29.6 Å². The van der Waals surface area contributed by atoms with Crippen LogP contribution in [0, 0.1) is 0 Å². The molecule has 0 aliphatic heterocycles. The van der Waals surface area contributed by atoms with Crippen molar-refractivity contribution in [1.29, 1.82) is 0 Å². The fourth-order valence-electron chi connectivity index (χ4n) is 2.80. The molecule has 0 fully saturated rings. The zero-order valence-electron chi connectivity index (χ0n) is 15.4. The molecule has 0 bridgehead atoms. The summed E-state index contributed by atoms with van der Waals surface area (Å²) in [4.78, 5) is 18.6. The van der Waals surface area contributed by atoms with Gasteiger partial charge >= 0.3 is 0 Å². The average molecular weight is 369 g/mol. The van der Waals surface area contributed by atoms with E-state index in [9.17, 15) is 4.79 Å². The molecule has 0 saturated carbocycles. The molecular formula is C19H23N5OS. The lowest BCUT2D eigenvalue weighted by molar-refractivity contribution is -0.118. The topological polar surface area (TPSA) is 71.8 Å². The molecule has 0 aliphatic carbocycles. The summed E-state index contributed by atoms with van der Waals surface area (Å²) in [6.45, 7) is 4.27. The third kappa shape index (κ3) is 3.84. The summed E-state index contributed by atoms with van der Waals surface area (Å²) in [5.74, 6) is 0.177. The molecule has 6 nitrogen and oxygen atoms in total. The summed E-state index contributed by atoms with van der Waals surface area (Å²) in [6.07, 6.45) is 3.52. The number of carbonyl (C=O) groups is 1. The molecule has 0 radical (unpaired) electrons. The van der Waals surface area contributed by atoms with Crippen LogP contribution in [0.1, 0.15) is 36.2 Å². The first-order chi connectivity index (χ1) is 12.5. The number of amides is 1. The highest BCUT2D eigenvalue weighted by Crippen LogP contribution is 2.36. The van der Waals surface area contributed by atoms with Crippen molar-refractivity contribution in [3.05, 3.63) is 53.2 Å². The first-order valence-corrected chi connectivity index (χ1v) is 9.34. The maximum atomic E-state index is 12.7. The molecule has 0 spiro atoms. The van der Waals surface area contributed by atoms with E-state index in [0.717, 1.165) is 21.7 Å². The van der Waals surface area contributed by atoms with Crippen LogP contribution >= 0.6 is 11.3 Å². The minimum atomic E-state index is -0.477. The first kappa shape index (κ1) is 18.3. The number of hydrogen-bond donors (Lipinski definition) is 2. The minimum Gasteiger partial charge on any atom is -0.305 e. The van der Waals surface area contributed by atoms with Gasteiger partial charge in [-0.25, -0.2) is 4.98 Å². The Morgan fingerprint density at radius 1 is 1.23 bits per heavy atom. The summed E-state index contributed by atoms with van der Waals surface area (Å²) < 4.78 is 1.68. The van der Waals surface area contributed by atoms with Crippen LogP contribution in [0.3, 0.4) is 0 Å². The molecule has 2 heterocycles. The number of thiazole rings is 1. The molecular weight excluding hydrogens is 346 g/mol. The van der Waals surface area contributed by atoms with Crippen molar-refractivity contribution in [2.45, 2.75) is 25.8 Å². The Bertz CT molecular complexity index is 884. The second-order valence-corrected chi connectivity index (χ2v) is 7.44. The number of hydrogen-bond acceptors (Lipinski definition) is 5. The van der Waals surface area contributed by atoms with Crippen molar-refractivity contribution in [3.63, 3.8) is 0 Å². The van der Waals surface area contributed by atoms with E-state index in [1.807, 2.05) is 43.6 Å². The highest BCUT2D eigenvalue weighted by atomic mass is 32.1. The van der Waals surface area contributed by atoms with Gasteiger partial charge < -0.3 is 10.6 Å². The van der Waals surface area contributed by atoms with Gasteiger partial charge in [0.2, 0.25) is 5.91 Å². The Balaban J connectivity index is 1.86. The number of anilines is 1. The fourth-order valence-corrected chi connectivity index (χ4v) is 3.79. The van der Waals surface area contributed by atoms with Crippen LogP contribution in [0.5, 0.6) is 0 Å². The Labute approximate surface area is 157 Å². The second-order valence-electron chi connectivity index (χ2n) is 6.41. The summed E-state index contributed by atoms with van der Waals surface area (Å²) >= 11 is 1.53. The molecule has 1 amide bonds. The molecule has 136 valence electrons. The van der Waals surface area contributed by atoms with Gasteiger partial charge in [0.05, 0.1) is 11.9 Å². The molecule has 0 saturated heterocycles. The number of rotatable bonds is 6. The Hall–Kier alpha value is -2.51. The van der Waals surface area contributed by atoms with Crippen LogP contribution in [0.25, 0.3) is 11.3 Å².